The number of benzene rings is 1. The Labute approximate surface area is 95.3 Å². The molecule has 2 heterocycles. The third-order valence-corrected chi connectivity index (χ3v) is 2.64. The fraction of sp³-hybridized carbons (Fsp3) is 0. The first kappa shape index (κ1) is 9.65. The number of nitrogens with one attached hydrogen (secondary N) is 1. The second kappa shape index (κ2) is 3.21. The Hall–Kier alpha value is -2.56. The Morgan fingerprint density at radius 2 is 2.00 bits per heavy atom. The van der Waals surface area contributed by atoms with Gasteiger partial charge in [-0.3, -0.25) is 14.9 Å². The maximum absolute atomic E-state index is 11.5. The van der Waals surface area contributed by atoms with Gasteiger partial charge in [-0.25, -0.2) is 0 Å². The van der Waals surface area contributed by atoms with Gasteiger partial charge in [0.05, 0.1) is 17.2 Å². The molecule has 5 heteroatoms. The number of phenols is 1. The maximum Gasteiger partial charge on any atom is 0.259 e. The fourth-order valence-corrected chi connectivity index (χ4v) is 1.87. The van der Waals surface area contributed by atoms with Crippen LogP contribution in [0.15, 0.2) is 35.0 Å². The van der Waals surface area contributed by atoms with Crippen molar-refractivity contribution >= 4 is 28.4 Å². The number of furan rings is 1. The molecule has 5 nitrogen and oxygen atoms in total. The molecule has 0 atom stereocenters. The standard InChI is InChI=1S/C12H7NO4/c14-9-2-1-6(11-7(9)3-4-17-11)8-5-10(15)13-12(8)16/h1-5,14H,(H,13,15,16). The molecule has 17 heavy (non-hydrogen) atoms. The minimum atomic E-state index is -0.460. The van der Waals surface area contributed by atoms with Crippen LogP contribution in [0.4, 0.5) is 0 Å². The summed E-state index contributed by atoms with van der Waals surface area (Å²) in [7, 11) is 0. The van der Waals surface area contributed by atoms with Crippen molar-refractivity contribution in [2.75, 3.05) is 0 Å². The lowest BCUT2D eigenvalue weighted by Gasteiger charge is -2.02. The zero-order valence-corrected chi connectivity index (χ0v) is 8.56. The maximum atomic E-state index is 11.5. The Morgan fingerprint density at radius 1 is 1.18 bits per heavy atom. The Kier molecular flexibility index (Phi) is 1.82. The lowest BCUT2D eigenvalue weighted by Crippen LogP contribution is -2.21. The van der Waals surface area contributed by atoms with Gasteiger partial charge in [0, 0.05) is 11.6 Å². The van der Waals surface area contributed by atoms with E-state index in [-0.39, 0.29) is 11.3 Å². The van der Waals surface area contributed by atoms with E-state index >= 15 is 0 Å². The normalized spacial score (nSPS) is 15.2. The predicted octanol–water partition coefficient (Wildman–Crippen LogP) is 1.18. The number of fused-ring (bicyclic) bond motifs is 1. The van der Waals surface area contributed by atoms with E-state index in [1.165, 1.54) is 18.4 Å². The number of amides is 2. The van der Waals surface area contributed by atoms with Crippen LogP contribution >= 0.6 is 0 Å². The van der Waals surface area contributed by atoms with E-state index in [4.69, 9.17) is 4.42 Å². The van der Waals surface area contributed by atoms with Crippen LogP contribution in [0.2, 0.25) is 0 Å². The smallest absolute Gasteiger partial charge is 0.259 e. The van der Waals surface area contributed by atoms with Crippen LogP contribution in [0.3, 0.4) is 0 Å². The first-order valence-electron chi connectivity index (χ1n) is 4.93. The monoisotopic (exact) mass is 229 g/mol. The predicted molar refractivity (Wildman–Crippen MR) is 59.0 cm³/mol. The van der Waals surface area contributed by atoms with Gasteiger partial charge in [-0.15, -0.1) is 0 Å². The molecule has 1 aliphatic heterocycles. The number of phenolic OH excluding ortho intramolecular Hbond substituents is 1. The molecule has 1 aromatic carbocycles. The van der Waals surface area contributed by atoms with Crippen LogP contribution in [0.25, 0.3) is 16.5 Å². The van der Waals surface area contributed by atoms with Crippen molar-refractivity contribution < 1.29 is 19.1 Å². The highest BCUT2D eigenvalue weighted by Gasteiger charge is 2.25. The van der Waals surface area contributed by atoms with E-state index in [1.807, 2.05) is 0 Å². The molecular formula is C12H7NO4. The average molecular weight is 229 g/mol. The minimum Gasteiger partial charge on any atom is -0.507 e. The van der Waals surface area contributed by atoms with Crippen LogP contribution in [-0.4, -0.2) is 16.9 Å². The number of hydrogen-bond donors (Lipinski definition) is 2. The fourth-order valence-electron chi connectivity index (χ4n) is 1.87. The summed E-state index contributed by atoms with van der Waals surface area (Å²) >= 11 is 0. The third kappa shape index (κ3) is 1.32. The van der Waals surface area contributed by atoms with E-state index < -0.39 is 11.8 Å². The molecule has 0 aliphatic carbocycles. The van der Waals surface area contributed by atoms with Gasteiger partial charge in [0.1, 0.15) is 11.3 Å². The van der Waals surface area contributed by atoms with Crippen LogP contribution in [-0.2, 0) is 9.59 Å². The van der Waals surface area contributed by atoms with E-state index in [9.17, 15) is 14.7 Å². The molecule has 2 amide bonds. The van der Waals surface area contributed by atoms with Gasteiger partial charge in [0.2, 0.25) is 0 Å². The number of imide groups is 1. The number of carbonyl (C=O) groups excluding carboxylic acids is 2. The molecule has 0 radical (unpaired) electrons. The lowest BCUT2D eigenvalue weighted by molar-refractivity contribution is -0.123. The summed E-state index contributed by atoms with van der Waals surface area (Å²) < 4.78 is 5.23. The molecular weight excluding hydrogens is 222 g/mol. The molecule has 84 valence electrons. The zero-order valence-electron chi connectivity index (χ0n) is 8.56. The largest absolute Gasteiger partial charge is 0.507 e. The molecule has 0 spiro atoms. The van der Waals surface area contributed by atoms with Crippen molar-refractivity contribution in [2.24, 2.45) is 0 Å². The summed E-state index contributed by atoms with van der Waals surface area (Å²) in [5, 5.41) is 12.3. The number of aromatic hydroxyl groups is 1. The molecule has 0 unspecified atom stereocenters. The molecule has 1 aliphatic rings. The van der Waals surface area contributed by atoms with Crippen molar-refractivity contribution in [3.8, 4) is 5.75 Å². The van der Waals surface area contributed by atoms with Crippen molar-refractivity contribution in [3.63, 3.8) is 0 Å². The molecule has 0 fully saturated rings. The second-order valence-corrected chi connectivity index (χ2v) is 3.67. The van der Waals surface area contributed by atoms with Gasteiger partial charge in [-0.2, -0.15) is 0 Å². The molecule has 0 bridgehead atoms. The van der Waals surface area contributed by atoms with Crippen molar-refractivity contribution in [2.45, 2.75) is 0 Å². The Bertz CT molecular complexity index is 681. The summed E-state index contributed by atoms with van der Waals surface area (Å²) in [5.74, 6) is -0.834. The highest BCUT2D eigenvalue weighted by molar-refractivity contribution is 6.34. The highest BCUT2D eigenvalue weighted by Crippen LogP contribution is 2.33. The van der Waals surface area contributed by atoms with Crippen molar-refractivity contribution in [3.05, 3.63) is 36.1 Å². The van der Waals surface area contributed by atoms with Crippen LogP contribution in [0.5, 0.6) is 5.75 Å². The second-order valence-electron chi connectivity index (χ2n) is 3.67. The topological polar surface area (TPSA) is 79.5 Å². The summed E-state index contributed by atoms with van der Waals surface area (Å²) in [6, 6.07) is 4.61. The number of rotatable bonds is 1. The van der Waals surface area contributed by atoms with E-state index in [1.54, 1.807) is 12.1 Å². The van der Waals surface area contributed by atoms with Crippen molar-refractivity contribution in [1.29, 1.82) is 0 Å². The lowest BCUT2D eigenvalue weighted by atomic mass is 10.0. The van der Waals surface area contributed by atoms with E-state index in [2.05, 4.69) is 5.32 Å². The van der Waals surface area contributed by atoms with Crippen LogP contribution in [0.1, 0.15) is 5.56 Å². The summed E-state index contributed by atoms with van der Waals surface area (Å²) in [6.07, 6.45) is 2.64. The summed E-state index contributed by atoms with van der Waals surface area (Å²) in [5.41, 5.74) is 1.13. The Balaban J connectivity index is 2.29. The Morgan fingerprint density at radius 3 is 2.71 bits per heavy atom. The minimum absolute atomic E-state index is 0.0721. The molecule has 3 rings (SSSR count). The molecule has 2 aromatic rings. The third-order valence-electron chi connectivity index (χ3n) is 2.64. The number of carbonyl (C=O) groups is 2. The summed E-state index contributed by atoms with van der Waals surface area (Å²) in [4.78, 5) is 22.6. The average Bonchev–Trinajstić information content (AvgIpc) is 2.87. The van der Waals surface area contributed by atoms with Gasteiger partial charge in [-0.1, -0.05) is 0 Å². The number of hydrogen-bond acceptors (Lipinski definition) is 4. The highest BCUT2D eigenvalue weighted by atomic mass is 16.3. The zero-order chi connectivity index (χ0) is 12.0. The van der Waals surface area contributed by atoms with Gasteiger partial charge >= 0.3 is 0 Å². The van der Waals surface area contributed by atoms with E-state index in [0.717, 1.165) is 0 Å². The molecule has 2 N–H and O–H groups in total. The van der Waals surface area contributed by atoms with Gasteiger partial charge in [0.15, 0.2) is 0 Å². The van der Waals surface area contributed by atoms with Gasteiger partial charge in [0.25, 0.3) is 11.8 Å². The van der Waals surface area contributed by atoms with Crippen LogP contribution in [0, 0.1) is 0 Å². The van der Waals surface area contributed by atoms with Gasteiger partial charge in [-0.05, 0) is 18.2 Å². The first-order valence-corrected chi connectivity index (χ1v) is 4.93. The SMILES string of the molecule is O=C1C=C(c2ccc(O)c3ccoc23)C(=O)N1. The van der Waals surface area contributed by atoms with Crippen molar-refractivity contribution in [1.82, 2.24) is 5.32 Å². The molecule has 0 saturated carbocycles. The quantitative estimate of drug-likeness (QED) is 0.719. The van der Waals surface area contributed by atoms with E-state index in [0.29, 0.717) is 16.5 Å². The molecule has 1 aromatic heterocycles. The molecule has 0 saturated heterocycles. The van der Waals surface area contributed by atoms with Crippen LogP contribution < -0.4 is 5.32 Å². The summed E-state index contributed by atoms with van der Waals surface area (Å²) in [6.45, 7) is 0. The first-order chi connectivity index (χ1) is 8.16. The van der Waals surface area contributed by atoms with Gasteiger partial charge < -0.3 is 9.52 Å².